The highest BCUT2D eigenvalue weighted by Gasteiger charge is 2.34. The molecule has 4 aromatic rings. The van der Waals surface area contributed by atoms with E-state index in [0.29, 0.717) is 24.5 Å². The van der Waals surface area contributed by atoms with Gasteiger partial charge >= 0.3 is 0 Å². The van der Waals surface area contributed by atoms with E-state index in [1.807, 2.05) is 82.3 Å². The number of nitrogens with zero attached hydrogens (tertiary/aromatic N) is 6. The second kappa shape index (κ2) is 11.1. The van der Waals surface area contributed by atoms with E-state index in [1.54, 1.807) is 4.68 Å². The first-order valence-corrected chi connectivity index (χ1v) is 13.9. The van der Waals surface area contributed by atoms with Crippen LogP contribution in [0.15, 0.2) is 75.0 Å². The summed E-state index contributed by atoms with van der Waals surface area (Å²) >= 11 is 3.49. The molecule has 0 saturated heterocycles. The third kappa shape index (κ3) is 5.63. The number of hydrogen-bond donors (Lipinski definition) is 0. The Morgan fingerprint density at radius 1 is 1.03 bits per heavy atom. The molecule has 1 unspecified atom stereocenters. The molecule has 0 aliphatic carbocycles. The van der Waals surface area contributed by atoms with Crippen molar-refractivity contribution in [3.63, 3.8) is 0 Å². The molecule has 1 aliphatic rings. The van der Waals surface area contributed by atoms with Crippen LogP contribution in [0.25, 0.3) is 5.95 Å². The largest absolute Gasteiger partial charge is 0.271 e. The lowest BCUT2D eigenvalue weighted by atomic mass is 9.98. The van der Waals surface area contributed by atoms with Crippen LogP contribution in [-0.4, -0.2) is 36.0 Å². The summed E-state index contributed by atoms with van der Waals surface area (Å²) in [5, 5.41) is 10.9. The van der Waals surface area contributed by atoms with E-state index < -0.39 is 0 Å². The number of amides is 1. The first-order valence-electron chi connectivity index (χ1n) is 13.1. The molecule has 1 aliphatic heterocycles. The first kappa shape index (κ1) is 26.7. The van der Waals surface area contributed by atoms with Gasteiger partial charge in [-0.2, -0.15) is 10.2 Å². The highest BCUT2D eigenvalue weighted by Crippen LogP contribution is 2.33. The zero-order chi connectivity index (χ0) is 27.7. The molecule has 2 aromatic heterocycles. The maximum absolute atomic E-state index is 13.9. The zero-order valence-corrected chi connectivity index (χ0v) is 24.1. The Bertz CT molecular complexity index is 1600. The zero-order valence-electron chi connectivity index (χ0n) is 22.6. The third-order valence-electron chi connectivity index (χ3n) is 6.85. The van der Waals surface area contributed by atoms with Crippen LogP contribution in [0.5, 0.6) is 0 Å². The van der Waals surface area contributed by atoms with E-state index in [4.69, 9.17) is 10.1 Å². The van der Waals surface area contributed by atoms with E-state index in [9.17, 15) is 9.59 Å². The number of carbonyl (C=O) groups excluding carboxylic acids is 1. The number of aryl methyl sites for hydroxylation is 4. The number of carbonyl (C=O) groups is 1. The van der Waals surface area contributed by atoms with Gasteiger partial charge in [0.05, 0.1) is 17.4 Å². The van der Waals surface area contributed by atoms with Gasteiger partial charge < -0.3 is 0 Å². The summed E-state index contributed by atoms with van der Waals surface area (Å²) in [4.78, 5) is 32.0. The molecule has 0 radical (unpaired) electrons. The Balaban J connectivity index is 1.55. The molecule has 0 bridgehead atoms. The smallest absolute Gasteiger partial charge is 0.263 e. The van der Waals surface area contributed by atoms with Gasteiger partial charge in [-0.25, -0.2) is 14.7 Å². The Labute approximate surface area is 236 Å². The van der Waals surface area contributed by atoms with Crippen molar-refractivity contribution in [2.24, 2.45) is 5.10 Å². The van der Waals surface area contributed by atoms with E-state index in [0.717, 1.165) is 44.7 Å². The van der Waals surface area contributed by atoms with Crippen molar-refractivity contribution in [3.05, 3.63) is 109 Å². The van der Waals surface area contributed by atoms with Crippen molar-refractivity contribution in [3.8, 4) is 5.95 Å². The highest BCUT2D eigenvalue weighted by atomic mass is 79.9. The molecule has 1 atom stereocenters. The molecule has 2 aromatic carbocycles. The lowest BCUT2D eigenvalue weighted by Gasteiger charge is -2.23. The number of hydrazone groups is 1. The topological polar surface area (TPSA) is 85.4 Å². The Hall–Kier alpha value is -3.85. The molecule has 1 amide bonds. The van der Waals surface area contributed by atoms with Crippen LogP contribution in [-0.2, 0) is 17.8 Å². The van der Waals surface area contributed by atoms with Crippen LogP contribution in [0.2, 0.25) is 0 Å². The van der Waals surface area contributed by atoms with Gasteiger partial charge in [-0.3, -0.25) is 14.2 Å². The summed E-state index contributed by atoms with van der Waals surface area (Å²) in [6, 6.07) is 19.2. The lowest BCUT2D eigenvalue weighted by Crippen LogP contribution is -2.36. The summed E-state index contributed by atoms with van der Waals surface area (Å²) in [6.07, 6.45) is 2.09. The maximum atomic E-state index is 13.9. The third-order valence-corrected chi connectivity index (χ3v) is 7.37. The van der Waals surface area contributed by atoms with Gasteiger partial charge in [0.15, 0.2) is 0 Å². The molecule has 9 heteroatoms. The highest BCUT2D eigenvalue weighted by molar-refractivity contribution is 9.10. The van der Waals surface area contributed by atoms with Crippen molar-refractivity contribution >= 4 is 27.5 Å². The van der Waals surface area contributed by atoms with Crippen molar-refractivity contribution in [2.45, 2.75) is 59.5 Å². The molecule has 0 N–H and O–H groups in total. The van der Waals surface area contributed by atoms with Crippen LogP contribution in [0.1, 0.15) is 59.6 Å². The maximum Gasteiger partial charge on any atom is 0.263 e. The molecule has 0 saturated carbocycles. The van der Waals surface area contributed by atoms with Gasteiger partial charge in [-0.15, -0.1) is 0 Å². The molecular formula is C30H31BrN6O2. The van der Waals surface area contributed by atoms with Gasteiger partial charge in [0.1, 0.15) is 6.54 Å². The summed E-state index contributed by atoms with van der Waals surface area (Å²) in [5.74, 6) is 0.0516. The van der Waals surface area contributed by atoms with E-state index in [1.165, 1.54) is 15.6 Å². The van der Waals surface area contributed by atoms with Crippen LogP contribution in [0.4, 0.5) is 0 Å². The van der Waals surface area contributed by atoms with Crippen molar-refractivity contribution in [1.82, 2.24) is 24.3 Å². The van der Waals surface area contributed by atoms with E-state index >= 15 is 0 Å². The average molecular weight is 588 g/mol. The first-order chi connectivity index (χ1) is 18.7. The van der Waals surface area contributed by atoms with Crippen LogP contribution in [0, 0.1) is 20.8 Å². The summed E-state index contributed by atoms with van der Waals surface area (Å²) in [7, 11) is 0. The van der Waals surface area contributed by atoms with E-state index in [-0.39, 0.29) is 24.1 Å². The fraction of sp³-hybridized carbons (Fsp3) is 0.300. The standard InChI is InChI=1S/C30H31BrN6O2/c1-5-6-25-16-28(38)35(30(32-25)36-21(4)15-20(3)33-36)18-29(39)37-27(23-9-7-19(2)8-10-23)17-26(34-37)22-11-13-24(31)14-12-22/h7-16,27H,5-6,17-18H2,1-4H3. The Kier molecular flexibility index (Phi) is 7.61. The van der Waals surface area contributed by atoms with Crippen molar-refractivity contribution < 1.29 is 4.79 Å². The minimum Gasteiger partial charge on any atom is -0.271 e. The minimum atomic E-state index is -0.289. The predicted octanol–water partition coefficient (Wildman–Crippen LogP) is 5.45. The Morgan fingerprint density at radius 3 is 2.38 bits per heavy atom. The summed E-state index contributed by atoms with van der Waals surface area (Å²) in [6.45, 7) is 7.67. The molecule has 0 fully saturated rings. The molecule has 3 heterocycles. The van der Waals surface area contributed by atoms with Crippen LogP contribution in [0.3, 0.4) is 0 Å². The number of hydrogen-bond acceptors (Lipinski definition) is 5. The molecule has 5 rings (SSSR count). The summed E-state index contributed by atoms with van der Waals surface area (Å²) < 4.78 is 4.02. The van der Waals surface area contributed by atoms with Crippen molar-refractivity contribution in [2.75, 3.05) is 0 Å². The second-order valence-electron chi connectivity index (χ2n) is 9.98. The normalized spacial score (nSPS) is 15.1. The monoisotopic (exact) mass is 586 g/mol. The van der Waals surface area contributed by atoms with Gasteiger partial charge in [-0.1, -0.05) is 71.2 Å². The molecule has 200 valence electrons. The average Bonchev–Trinajstić information content (AvgIpc) is 3.49. The molecule has 0 spiro atoms. The lowest BCUT2D eigenvalue weighted by molar-refractivity contribution is -0.133. The fourth-order valence-corrected chi connectivity index (χ4v) is 5.14. The van der Waals surface area contributed by atoms with Gasteiger partial charge in [0, 0.05) is 28.3 Å². The fourth-order valence-electron chi connectivity index (χ4n) is 4.88. The number of aromatic nitrogens is 4. The molecule has 8 nitrogen and oxygen atoms in total. The van der Waals surface area contributed by atoms with Crippen molar-refractivity contribution in [1.29, 1.82) is 0 Å². The predicted molar refractivity (Wildman–Crippen MR) is 155 cm³/mol. The Morgan fingerprint density at radius 2 is 1.74 bits per heavy atom. The number of benzene rings is 2. The molecular weight excluding hydrogens is 556 g/mol. The van der Waals surface area contributed by atoms with Crippen LogP contribution < -0.4 is 5.56 Å². The minimum absolute atomic E-state index is 0.203. The quantitative estimate of drug-likeness (QED) is 0.288. The SMILES string of the molecule is CCCc1cc(=O)n(CC(=O)N2N=C(c3ccc(Br)cc3)CC2c2ccc(C)cc2)c(-n2nc(C)cc2C)n1. The van der Waals surface area contributed by atoms with Gasteiger partial charge in [0.2, 0.25) is 5.95 Å². The number of halogens is 1. The van der Waals surface area contributed by atoms with Gasteiger partial charge in [-0.05, 0) is 56.5 Å². The molecule has 39 heavy (non-hydrogen) atoms. The number of rotatable bonds is 7. The van der Waals surface area contributed by atoms with Gasteiger partial charge in [0.25, 0.3) is 11.5 Å². The second-order valence-corrected chi connectivity index (χ2v) is 10.9. The van der Waals surface area contributed by atoms with Crippen LogP contribution >= 0.6 is 15.9 Å². The summed E-state index contributed by atoms with van der Waals surface area (Å²) in [5.41, 5.74) is 5.96. The van der Waals surface area contributed by atoms with E-state index in [2.05, 4.69) is 21.0 Å².